The van der Waals surface area contributed by atoms with Gasteiger partial charge in [0.1, 0.15) is 0 Å². The lowest BCUT2D eigenvalue weighted by molar-refractivity contribution is 0.437. The number of rotatable bonds is 3. The van der Waals surface area contributed by atoms with Crippen LogP contribution in [0.5, 0.6) is 0 Å². The van der Waals surface area contributed by atoms with Crippen LogP contribution < -0.4 is 5.36 Å². The molecule has 0 bridgehead atoms. The number of nitrogens with zero attached hydrogens (tertiary/aromatic N) is 4. The molecular formula is C30H27BrN4. The largest absolute Gasteiger partial charge is 0.306 e. The summed E-state index contributed by atoms with van der Waals surface area (Å²) in [5.74, 6) is 0. The number of halogens is 1. The van der Waals surface area contributed by atoms with Gasteiger partial charge in [0.2, 0.25) is 0 Å². The number of fused-ring (bicyclic) bond motifs is 2. The van der Waals surface area contributed by atoms with E-state index in [4.69, 9.17) is 9.98 Å². The van der Waals surface area contributed by atoms with Crippen LogP contribution in [0.15, 0.2) is 88.5 Å². The van der Waals surface area contributed by atoms with Crippen LogP contribution in [0.3, 0.4) is 0 Å². The van der Waals surface area contributed by atoms with Crippen LogP contribution in [0.2, 0.25) is 0 Å². The molecule has 6 rings (SSSR count). The summed E-state index contributed by atoms with van der Waals surface area (Å²) in [7, 11) is 0. The normalized spacial score (nSPS) is 15.2. The van der Waals surface area contributed by atoms with E-state index in [0.29, 0.717) is 6.04 Å². The van der Waals surface area contributed by atoms with Gasteiger partial charge in [0.05, 0.1) is 33.8 Å². The number of aromatic nitrogens is 3. The van der Waals surface area contributed by atoms with E-state index in [1.54, 1.807) is 0 Å². The molecule has 174 valence electrons. The van der Waals surface area contributed by atoms with Gasteiger partial charge in [-0.25, -0.2) is 4.98 Å². The lowest BCUT2D eigenvalue weighted by atomic mass is 9.95. The SMILES string of the molecule is Cc1ccc(-c2cc3nc4ccccc4n(-c4ccc(Br)cc4)c-3cc2=NC2CCCCC2)cn1. The van der Waals surface area contributed by atoms with Gasteiger partial charge < -0.3 is 4.57 Å². The first-order chi connectivity index (χ1) is 17.2. The maximum atomic E-state index is 5.32. The number of para-hydroxylation sites is 2. The zero-order valence-corrected chi connectivity index (χ0v) is 21.4. The van der Waals surface area contributed by atoms with E-state index in [1.165, 1.54) is 19.3 Å². The molecular weight excluding hydrogens is 496 g/mol. The molecule has 0 atom stereocenters. The van der Waals surface area contributed by atoms with Gasteiger partial charge in [0.15, 0.2) is 0 Å². The molecule has 3 aliphatic rings. The van der Waals surface area contributed by atoms with E-state index in [1.807, 2.05) is 19.2 Å². The minimum absolute atomic E-state index is 0.368. The van der Waals surface area contributed by atoms with Gasteiger partial charge in [-0.1, -0.05) is 53.4 Å². The quantitative estimate of drug-likeness (QED) is 0.230. The predicted molar refractivity (Wildman–Crippen MR) is 146 cm³/mol. The Labute approximate surface area is 213 Å². The van der Waals surface area contributed by atoms with E-state index in [9.17, 15) is 0 Å². The van der Waals surface area contributed by atoms with Crippen LogP contribution in [-0.4, -0.2) is 20.6 Å². The van der Waals surface area contributed by atoms with E-state index in [0.717, 1.165) is 67.6 Å². The highest BCUT2D eigenvalue weighted by Crippen LogP contribution is 2.31. The highest BCUT2D eigenvalue weighted by atomic mass is 79.9. The number of pyridine rings is 1. The first-order valence-electron chi connectivity index (χ1n) is 12.3. The fraction of sp³-hybridized carbons (Fsp3) is 0.233. The average molecular weight is 523 g/mol. The van der Waals surface area contributed by atoms with Gasteiger partial charge in [-0.05, 0) is 74.4 Å². The maximum Gasteiger partial charge on any atom is 0.0886 e. The Bertz CT molecular complexity index is 1530. The molecule has 0 saturated heterocycles. The van der Waals surface area contributed by atoms with Crippen molar-refractivity contribution in [2.45, 2.75) is 45.1 Å². The monoisotopic (exact) mass is 522 g/mol. The molecule has 1 aliphatic heterocycles. The number of aryl methyl sites for hydroxylation is 1. The Balaban J connectivity index is 1.68. The van der Waals surface area contributed by atoms with Crippen LogP contribution in [0, 0.1) is 6.92 Å². The highest BCUT2D eigenvalue weighted by molar-refractivity contribution is 9.10. The molecule has 0 amide bonds. The van der Waals surface area contributed by atoms with Crippen LogP contribution in [0.1, 0.15) is 37.8 Å². The third-order valence-corrected chi connectivity index (χ3v) is 7.43. The van der Waals surface area contributed by atoms with Gasteiger partial charge in [-0.3, -0.25) is 9.98 Å². The minimum atomic E-state index is 0.368. The molecule has 0 N–H and O–H groups in total. The van der Waals surface area contributed by atoms with Crippen molar-refractivity contribution in [1.82, 2.24) is 14.5 Å². The lowest BCUT2D eigenvalue weighted by Gasteiger charge is -2.21. The van der Waals surface area contributed by atoms with Crippen molar-refractivity contribution in [3.05, 3.63) is 94.5 Å². The van der Waals surface area contributed by atoms with Gasteiger partial charge in [-0.15, -0.1) is 0 Å². The molecule has 0 unspecified atom stereocenters. The van der Waals surface area contributed by atoms with E-state index in [-0.39, 0.29) is 0 Å². The average Bonchev–Trinajstić information content (AvgIpc) is 2.89. The van der Waals surface area contributed by atoms with Crippen LogP contribution in [-0.2, 0) is 0 Å². The molecule has 2 aromatic carbocycles. The highest BCUT2D eigenvalue weighted by Gasteiger charge is 2.18. The molecule has 0 radical (unpaired) electrons. The summed E-state index contributed by atoms with van der Waals surface area (Å²) >= 11 is 3.58. The Hall–Kier alpha value is -3.31. The Morgan fingerprint density at radius 3 is 2.49 bits per heavy atom. The summed E-state index contributed by atoms with van der Waals surface area (Å²) in [6, 6.07) is 25.8. The Morgan fingerprint density at radius 1 is 0.914 bits per heavy atom. The van der Waals surface area contributed by atoms with E-state index in [2.05, 4.69) is 92.2 Å². The smallest absolute Gasteiger partial charge is 0.0886 e. The molecule has 2 heterocycles. The van der Waals surface area contributed by atoms with Gasteiger partial charge in [0, 0.05) is 33.2 Å². The summed E-state index contributed by atoms with van der Waals surface area (Å²) in [6.45, 7) is 2.02. The molecule has 35 heavy (non-hydrogen) atoms. The minimum Gasteiger partial charge on any atom is -0.306 e. The van der Waals surface area contributed by atoms with E-state index < -0.39 is 0 Å². The summed E-state index contributed by atoms with van der Waals surface area (Å²) in [5.41, 5.74) is 8.35. The third-order valence-electron chi connectivity index (χ3n) is 6.90. The van der Waals surface area contributed by atoms with Crippen LogP contribution >= 0.6 is 15.9 Å². The van der Waals surface area contributed by atoms with Crippen molar-refractivity contribution in [3.8, 4) is 28.2 Å². The summed E-state index contributed by atoms with van der Waals surface area (Å²) in [6.07, 6.45) is 8.11. The second kappa shape index (κ2) is 9.38. The standard InChI is InChI=1S/C30H27BrN4/c1-20-11-12-21(19-32-20)25-17-28-30(18-27(25)33-23-7-3-2-4-8-23)35(24-15-13-22(31)14-16-24)29-10-6-5-9-26(29)34-28/h5-6,9-19,23H,2-4,7-8H2,1H3. The van der Waals surface area contributed by atoms with Gasteiger partial charge in [0.25, 0.3) is 0 Å². The number of hydrogen-bond donors (Lipinski definition) is 0. The number of benzene rings is 3. The first kappa shape index (κ1) is 22.2. The van der Waals surface area contributed by atoms with Crippen LogP contribution in [0.25, 0.3) is 39.2 Å². The van der Waals surface area contributed by atoms with Crippen molar-refractivity contribution in [3.63, 3.8) is 0 Å². The zero-order valence-electron chi connectivity index (χ0n) is 19.8. The van der Waals surface area contributed by atoms with Gasteiger partial charge >= 0.3 is 0 Å². The van der Waals surface area contributed by atoms with Crippen molar-refractivity contribution >= 4 is 27.0 Å². The summed E-state index contributed by atoms with van der Waals surface area (Å²) in [5, 5.41) is 1.03. The predicted octanol–water partition coefficient (Wildman–Crippen LogP) is 7.50. The van der Waals surface area contributed by atoms with E-state index >= 15 is 0 Å². The molecule has 1 aromatic heterocycles. The second-order valence-electron chi connectivity index (χ2n) is 9.38. The third kappa shape index (κ3) is 4.41. The van der Waals surface area contributed by atoms with Crippen LogP contribution in [0.4, 0.5) is 0 Å². The molecule has 0 spiro atoms. The van der Waals surface area contributed by atoms with Crippen molar-refractivity contribution in [2.75, 3.05) is 0 Å². The lowest BCUT2D eigenvalue weighted by Crippen LogP contribution is -2.18. The second-order valence-corrected chi connectivity index (χ2v) is 10.3. The molecule has 4 nitrogen and oxygen atoms in total. The first-order valence-corrected chi connectivity index (χ1v) is 13.1. The summed E-state index contributed by atoms with van der Waals surface area (Å²) < 4.78 is 3.37. The Morgan fingerprint density at radius 2 is 1.71 bits per heavy atom. The molecule has 3 aromatic rings. The van der Waals surface area contributed by atoms with Gasteiger partial charge in [-0.2, -0.15) is 0 Å². The van der Waals surface area contributed by atoms with Crippen molar-refractivity contribution in [1.29, 1.82) is 0 Å². The van der Waals surface area contributed by atoms with Crippen molar-refractivity contribution < 1.29 is 0 Å². The fourth-order valence-electron chi connectivity index (χ4n) is 5.08. The molecule has 1 saturated carbocycles. The summed E-state index contributed by atoms with van der Waals surface area (Å²) in [4.78, 5) is 15.0. The molecule has 1 fully saturated rings. The van der Waals surface area contributed by atoms with Crippen molar-refractivity contribution in [2.24, 2.45) is 4.99 Å². The fourth-order valence-corrected chi connectivity index (χ4v) is 5.35. The zero-order chi connectivity index (χ0) is 23.8. The topological polar surface area (TPSA) is 43.1 Å². The Kier molecular flexibility index (Phi) is 5.95. The molecule has 5 heteroatoms. The molecule has 2 aliphatic carbocycles. The number of hydrogen-bond acceptors (Lipinski definition) is 3. The maximum absolute atomic E-state index is 5.32.